The number of para-hydroxylation sites is 1. The van der Waals surface area contributed by atoms with Crippen molar-refractivity contribution in [3.05, 3.63) is 83.9 Å². The third kappa shape index (κ3) is 4.50. The smallest absolute Gasteiger partial charge is 0.264 e. The Morgan fingerprint density at radius 3 is 2.16 bits per heavy atom. The first-order valence-electron chi connectivity index (χ1n) is 10.2. The maximum absolute atomic E-state index is 13.2. The fraction of sp³-hybridized carbons (Fsp3) is 0.167. The molecule has 0 fully saturated rings. The van der Waals surface area contributed by atoms with E-state index < -0.39 is 10.0 Å². The van der Waals surface area contributed by atoms with E-state index in [0.717, 1.165) is 24.1 Å². The Kier molecular flexibility index (Phi) is 5.96. The van der Waals surface area contributed by atoms with Crippen molar-refractivity contribution in [2.45, 2.75) is 24.7 Å². The molecule has 8 heteroatoms. The Morgan fingerprint density at radius 1 is 0.844 bits per heavy atom. The van der Waals surface area contributed by atoms with E-state index in [1.165, 1.54) is 23.4 Å². The van der Waals surface area contributed by atoms with Crippen molar-refractivity contribution in [3.63, 3.8) is 0 Å². The Morgan fingerprint density at radius 2 is 1.47 bits per heavy atom. The lowest BCUT2D eigenvalue weighted by Crippen LogP contribution is -2.35. The lowest BCUT2D eigenvalue weighted by Gasteiger charge is -2.30. The van der Waals surface area contributed by atoms with Gasteiger partial charge >= 0.3 is 0 Å². The number of amides is 2. The second-order valence-electron chi connectivity index (χ2n) is 7.55. The van der Waals surface area contributed by atoms with Gasteiger partial charge in [0.25, 0.3) is 15.9 Å². The average molecular weight is 450 g/mol. The number of nitrogens with zero attached hydrogens (tertiary/aromatic N) is 1. The van der Waals surface area contributed by atoms with Crippen molar-refractivity contribution < 1.29 is 18.0 Å². The van der Waals surface area contributed by atoms with E-state index in [9.17, 15) is 18.0 Å². The summed E-state index contributed by atoms with van der Waals surface area (Å²) in [5.74, 6) is -0.523. The van der Waals surface area contributed by atoms with E-state index in [1.807, 2.05) is 24.3 Å². The molecule has 4 rings (SSSR count). The molecule has 1 heterocycles. The summed E-state index contributed by atoms with van der Waals surface area (Å²) in [5.41, 5.74) is 3.25. The molecule has 2 N–H and O–H groups in total. The van der Waals surface area contributed by atoms with Gasteiger partial charge in [0.15, 0.2) is 0 Å². The lowest BCUT2D eigenvalue weighted by atomic mass is 10.0. The molecule has 32 heavy (non-hydrogen) atoms. The van der Waals surface area contributed by atoms with Crippen LogP contribution in [0.4, 0.5) is 17.1 Å². The van der Waals surface area contributed by atoms with Gasteiger partial charge < -0.3 is 10.6 Å². The largest absolute Gasteiger partial charge is 0.326 e. The third-order valence-corrected chi connectivity index (χ3v) is 7.06. The minimum absolute atomic E-state index is 0.173. The number of sulfonamides is 1. The monoisotopic (exact) mass is 449 g/mol. The predicted molar refractivity (Wildman–Crippen MR) is 124 cm³/mol. The van der Waals surface area contributed by atoms with Crippen molar-refractivity contribution in [3.8, 4) is 0 Å². The molecule has 0 aromatic heterocycles. The van der Waals surface area contributed by atoms with E-state index in [4.69, 9.17) is 0 Å². The number of hydrogen-bond acceptors (Lipinski definition) is 4. The molecule has 3 aromatic rings. The number of hydrogen-bond donors (Lipinski definition) is 2. The van der Waals surface area contributed by atoms with Gasteiger partial charge in [0.1, 0.15) is 0 Å². The molecule has 0 spiro atoms. The van der Waals surface area contributed by atoms with Gasteiger partial charge in [-0.25, -0.2) is 8.42 Å². The van der Waals surface area contributed by atoms with Crippen LogP contribution in [-0.4, -0.2) is 26.8 Å². The van der Waals surface area contributed by atoms with Crippen LogP contribution in [0.1, 0.15) is 29.3 Å². The van der Waals surface area contributed by atoms with Crippen molar-refractivity contribution in [1.82, 2.24) is 0 Å². The molecular weight excluding hydrogens is 426 g/mol. The summed E-state index contributed by atoms with van der Waals surface area (Å²) in [7, 11) is -3.70. The SMILES string of the molecule is CC(=O)Nc1ccc(C(=O)Nc2ccc(S(=O)(=O)N3CCCc4ccccc43)cc2)cc1. The molecule has 0 saturated carbocycles. The van der Waals surface area contributed by atoms with E-state index in [1.54, 1.807) is 36.4 Å². The Bertz CT molecular complexity index is 1250. The molecule has 2 amide bonds. The van der Waals surface area contributed by atoms with Crippen LogP contribution >= 0.6 is 0 Å². The molecule has 7 nitrogen and oxygen atoms in total. The number of fused-ring (bicyclic) bond motifs is 1. The third-order valence-electron chi connectivity index (χ3n) is 5.24. The van der Waals surface area contributed by atoms with Crippen LogP contribution in [0.15, 0.2) is 77.7 Å². The van der Waals surface area contributed by atoms with Crippen LogP contribution in [0, 0.1) is 0 Å². The van der Waals surface area contributed by atoms with Crippen LogP contribution in [-0.2, 0) is 21.2 Å². The Hall–Kier alpha value is -3.65. The summed E-state index contributed by atoms with van der Waals surface area (Å²) in [4.78, 5) is 23.8. The normalized spacial score (nSPS) is 13.2. The molecule has 164 valence electrons. The van der Waals surface area contributed by atoms with Crippen molar-refractivity contribution in [2.24, 2.45) is 0 Å². The zero-order valence-corrected chi connectivity index (χ0v) is 18.4. The van der Waals surface area contributed by atoms with E-state index >= 15 is 0 Å². The van der Waals surface area contributed by atoms with Crippen LogP contribution in [0.25, 0.3) is 0 Å². The molecule has 0 unspecified atom stereocenters. The standard InChI is InChI=1S/C24H23N3O4S/c1-17(28)25-20-10-8-19(9-11-20)24(29)26-21-12-14-22(15-13-21)32(30,31)27-16-4-6-18-5-2-3-7-23(18)27/h2-3,5,7-15H,4,6,16H2,1H3,(H,25,28)(H,26,29). The minimum atomic E-state index is -3.70. The summed E-state index contributed by atoms with van der Waals surface area (Å²) >= 11 is 0. The summed E-state index contributed by atoms with van der Waals surface area (Å²) < 4.78 is 27.9. The van der Waals surface area contributed by atoms with Crippen LogP contribution in [0.2, 0.25) is 0 Å². The fourth-order valence-corrected chi connectivity index (χ4v) is 5.24. The summed E-state index contributed by atoms with van der Waals surface area (Å²) in [6, 6.07) is 20.2. The Balaban J connectivity index is 1.48. The number of carbonyl (C=O) groups is 2. The molecule has 1 aliphatic heterocycles. The average Bonchev–Trinajstić information content (AvgIpc) is 2.79. The highest BCUT2D eigenvalue weighted by molar-refractivity contribution is 7.92. The van der Waals surface area contributed by atoms with Crippen LogP contribution in [0.5, 0.6) is 0 Å². The number of benzene rings is 3. The molecule has 0 saturated heterocycles. The van der Waals surface area contributed by atoms with Crippen LogP contribution in [0.3, 0.4) is 0 Å². The van der Waals surface area contributed by atoms with Gasteiger partial charge in [-0.1, -0.05) is 18.2 Å². The number of aryl methyl sites for hydroxylation is 1. The molecule has 0 atom stereocenters. The zero-order valence-electron chi connectivity index (χ0n) is 17.5. The van der Waals surface area contributed by atoms with Gasteiger partial charge in [-0.2, -0.15) is 0 Å². The van der Waals surface area contributed by atoms with Crippen molar-refractivity contribution in [1.29, 1.82) is 0 Å². The van der Waals surface area contributed by atoms with Crippen molar-refractivity contribution >= 4 is 38.9 Å². The number of rotatable bonds is 5. The number of carbonyl (C=O) groups excluding carboxylic acids is 2. The van der Waals surface area contributed by atoms with E-state index in [2.05, 4.69) is 10.6 Å². The van der Waals surface area contributed by atoms with Gasteiger partial charge in [-0.05, 0) is 73.0 Å². The minimum Gasteiger partial charge on any atom is -0.326 e. The van der Waals surface area contributed by atoms with Crippen LogP contribution < -0.4 is 14.9 Å². The Labute approximate surface area is 187 Å². The first kappa shape index (κ1) is 21.6. The topological polar surface area (TPSA) is 95.6 Å². The highest BCUT2D eigenvalue weighted by Gasteiger charge is 2.28. The van der Waals surface area contributed by atoms with Gasteiger partial charge in [-0.3, -0.25) is 13.9 Å². The van der Waals surface area contributed by atoms with Gasteiger partial charge in [0.05, 0.1) is 10.6 Å². The first-order valence-corrected chi connectivity index (χ1v) is 11.7. The summed E-state index contributed by atoms with van der Waals surface area (Å²) in [6.45, 7) is 1.85. The quantitative estimate of drug-likeness (QED) is 0.615. The molecule has 1 aliphatic rings. The zero-order chi connectivity index (χ0) is 22.7. The first-order chi connectivity index (χ1) is 15.3. The van der Waals surface area contributed by atoms with Gasteiger partial charge in [-0.15, -0.1) is 0 Å². The number of nitrogens with one attached hydrogen (secondary N) is 2. The predicted octanol–water partition coefficient (Wildman–Crippen LogP) is 4.04. The fourth-order valence-electron chi connectivity index (χ4n) is 3.70. The second kappa shape index (κ2) is 8.84. The highest BCUT2D eigenvalue weighted by atomic mass is 32.2. The maximum Gasteiger partial charge on any atom is 0.264 e. The van der Waals surface area contributed by atoms with Gasteiger partial charge in [0.2, 0.25) is 5.91 Å². The van der Waals surface area contributed by atoms with Crippen molar-refractivity contribution in [2.75, 3.05) is 21.5 Å². The highest BCUT2D eigenvalue weighted by Crippen LogP contribution is 2.32. The molecule has 3 aromatic carbocycles. The second-order valence-corrected chi connectivity index (χ2v) is 9.41. The molecule has 0 aliphatic carbocycles. The summed E-state index contributed by atoms with van der Waals surface area (Å²) in [5, 5.41) is 5.40. The molecule has 0 radical (unpaired) electrons. The lowest BCUT2D eigenvalue weighted by molar-refractivity contribution is -0.114. The van der Waals surface area contributed by atoms with E-state index in [0.29, 0.717) is 23.5 Å². The molecular formula is C24H23N3O4S. The molecule has 0 bridgehead atoms. The van der Waals surface area contributed by atoms with E-state index in [-0.39, 0.29) is 16.7 Å². The van der Waals surface area contributed by atoms with Gasteiger partial charge in [0, 0.05) is 30.4 Å². The maximum atomic E-state index is 13.2. The summed E-state index contributed by atoms with van der Waals surface area (Å²) in [6.07, 6.45) is 1.63. The number of anilines is 3.